The van der Waals surface area contributed by atoms with Crippen molar-refractivity contribution < 1.29 is 4.79 Å². The lowest BCUT2D eigenvalue weighted by atomic mass is 9.92. The predicted octanol–water partition coefficient (Wildman–Crippen LogP) is 5.34. The van der Waals surface area contributed by atoms with E-state index in [2.05, 4.69) is 27.8 Å². The Balaban J connectivity index is 1.75. The summed E-state index contributed by atoms with van der Waals surface area (Å²) in [6, 6.07) is 21.8. The third kappa shape index (κ3) is 4.34. The number of amides is 2. The zero-order chi connectivity index (χ0) is 19.4. The standard InChI is InChI=1S/C23H25N3O/c1-16(24-4)18-10-7-11-20(14-18)23(2,3)26-22(27)25-21-13-12-17-8-5-6-9-19(17)15-21/h5-15H,1-4H3,(H2,25,26,27). The SMILES string of the molecule is CN=C(C)c1cccc(C(C)(C)NC(=O)Nc2ccc3ccccc3c2)c1. The number of carbonyl (C=O) groups excluding carboxylic acids is 1. The molecule has 0 aliphatic rings. The highest BCUT2D eigenvalue weighted by atomic mass is 16.2. The van der Waals surface area contributed by atoms with E-state index in [0.29, 0.717) is 0 Å². The smallest absolute Gasteiger partial charge is 0.319 e. The van der Waals surface area contributed by atoms with Crippen LogP contribution in [0.5, 0.6) is 0 Å². The average molecular weight is 359 g/mol. The van der Waals surface area contributed by atoms with Crippen LogP contribution in [0.3, 0.4) is 0 Å². The van der Waals surface area contributed by atoms with Crippen LogP contribution in [-0.2, 0) is 5.54 Å². The van der Waals surface area contributed by atoms with E-state index in [1.54, 1.807) is 7.05 Å². The van der Waals surface area contributed by atoms with E-state index in [0.717, 1.165) is 33.3 Å². The number of fused-ring (bicyclic) bond motifs is 1. The van der Waals surface area contributed by atoms with E-state index < -0.39 is 5.54 Å². The normalized spacial score (nSPS) is 12.1. The zero-order valence-corrected chi connectivity index (χ0v) is 16.2. The van der Waals surface area contributed by atoms with Gasteiger partial charge in [-0.05, 0) is 60.9 Å². The van der Waals surface area contributed by atoms with E-state index in [4.69, 9.17) is 0 Å². The average Bonchev–Trinajstić information content (AvgIpc) is 2.67. The Morgan fingerprint density at radius 3 is 2.41 bits per heavy atom. The van der Waals surface area contributed by atoms with Gasteiger partial charge in [0, 0.05) is 18.4 Å². The number of nitrogens with one attached hydrogen (secondary N) is 2. The molecular formula is C23H25N3O. The highest BCUT2D eigenvalue weighted by Gasteiger charge is 2.23. The van der Waals surface area contributed by atoms with Crippen molar-refractivity contribution in [2.24, 2.45) is 4.99 Å². The van der Waals surface area contributed by atoms with E-state index in [9.17, 15) is 4.79 Å². The maximum Gasteiger partial charge on any atom is 0.319 e. The molecule has 0 bridgehead atoms. The maximum atomic E-state index is 12.6. The Bertz CT molecular complexity index is 1010. The topological polar surface area (TPSA) is 53.5 Å². The molecule has 3 aromatic carbocycles. The summed E-state index contributed by atoms with van der Waals surface area (Å²) in [6.07, 6.45) is 0. The number of anilines is 1. The fraction of sp³-hybridized carbons (Fsp3) is 0.217. The Morgan fingerprint density at radius 2 is 1.67 bits per heavy atom. The van der Waals surface area contributed by atoms with Gasteiger partial charge in [0.25, 0.3) is 0 Å². The molecule has 0 saturated carbocycles. The Morgan fingerprint density at radius 1 is 0.926 bits per heavy atom. The van der Waals surface area contributed by atoms with Crippen molar-refractivity contribution in [2.45, 2.75) is 26.3 Å². The van der Waals surface area contributed by atoms with Crippen molar-refractivity contribution in [2.75, 3.05) is 12.4 Å². The summed E-state index contributed by atoms with van der Waals surface area (Å²) in [5, 5.41) is 8.24. The largest absolute Gasteiger partial charge is 0.329 e. The molecule has 2 amide bonds. The second-order valence-electron chi connectivity index (χ2n) is 7.16. The molecule has 0 aliphatic carbocycles. The molecule has 0 saturated heterocycles. The van der Waals surface area contributed by atoms with Gasteiger partial charge in [0.1, 0.15) is 0 Å². The van der Waals surface area contributed by atoms with E-state index >= 15 is 0 Å². The molecule has 0 unspecified atom stereocenters. The van der Waals surface area contributed by atoms with Crippen LogP contribution < -0.4 is 10.6 Å². The van der Waals surface area contributed by atoms with Gasteiger partial charge in [0.05, 0.1) is 5.54 Å². The van der Waals surface area contributed by atoms with Gasteiger partial charge in [0.2, 0.25) is 0 Å². The van der Waals surface area contributed by atoms with Crippen molar-refractivity contribution in [3.63, 3.8) is 0 Å². The molecule has 3 aromatic rings. The number of hydrogen-bond donors (Lipinski definition) is 2. The molecule has 0 atom stereocenters. The monoisotopic (exact) mass is 359 g/mol. The summed E-state index contributed by atoms with van der Waals surface area (Å²) in [5.74, 6) is 0. The first-order valence-corrected chi connectivity index (χ1v) is 9.01. The Hall–Kier alpha value is -3.14. The molecule has 0 radical (unpaired) electrons. The van der Waals surface area contributed by atoms with Crippen LogP contribution in [0, 0.1) is 0 Å². The fourth-order valence-corrected chi connectivity index (χ4v) is 3.05. The summed E-state index contributed by atoms with van der Waals surface area (Å²) in [7, 11) is 1.78. The molecule has 0 fully saturated rings. The molecule has 4 heteroatoms. The molecular weight excluding hydrogens is 334 g/mol. The molecule has 138 valence electrons. The van der Waals surface area contributed by atoms with Crippen LogP contribution in [0.4, 0.5) is 10.5 Å². The van der Waals surface area contributed by atoms with Gasteiger partial charge >= 0.3 is 6.03 Å². The fourth-order valence-electron chi connectivity index (χ4n) is 3.05. The van der Waals surface area contributed by atoms with Gasteiger partial charge in [0.15, 0.2) is 0 Å². The highest BCUT2D eigenvalue weighted by molar-refractivity contribution is 5.99. The second kappa shape index (κ2) is 7.62. The number of aliphatic imine (C=N–C) groups is 1. The number of urea groups is 1. The second-order valence-corrected chi connectivity index (χ2v) is 7.16. The third-order valence-corrected chi connectivity index (χ3v) is 4.77. The summed E-state index contributed by atoms with van der Waals surface area (Å²) in [5.41, 5.74) is 3.29. The first-order valence-electron chi connectivity index (χ1n) is 9.01. The van der Waals surface area contributed by atoms with E-state index in [1.807, 2.05) is 75.4 Å². The number of carbonyl (C=O) groups is 1. The summed E-state index contributed by atoms with van der Waals surface area (Å²) in [4.78, 5) is 16.8. The van der Waals surface area contributed by atoms with Crippen molar-refractivity contribution in [3.05, 3.63) is 77.9 Å². The van der Waals surface area contributed by atoms with E-state index in [1.165, 1.54) is 0 Å². The molecule has 0 heterocycles. The lowest BCUT2D eigenvalue weighted by Gasteiger charge is -2.27. The van der Waals surface area contributed by atoms with Crippen molar-refractivity contribution >= 4 is 28.2 Å². The lowest BCUT2D eigenvalue weighted by Crippen LogP contribution is -2.43. The van der Waals surface area contributed by atoms with Gasteiger partial charge in [-0.15, -0.1) is 0 Å². The van der Waals surface area contributed by atoms with E-state index in [-0.39, 0.29) is 6.03 Å². The summed E-state index contributed by atoms with van der Waals surface area (Å²) < 4.78 is 0. The van der Waals surface area contributed by atoms with Gasteiger partial charge < -0.3 is 10.6 Å². The first kappa shape index (κ1) is 18.6. The zero-order valence-electron chi connectivity index (χ0n) is 16.2. The highest BCUT2D eigenvalue weighted by Crippen LogP contribution is 2.23. The Kier molecular flexibility index (Phi) is 5.26. The van der Waals surface area contributed by atoms with Gasteiger partial charge in [-0.25, -0.2) is 4.79 Å². The minimum absolute atomic E-state index is 0.235. The minimum Gasteiger partial charge on any atom is -0.329 e. The lowest BCUT2D eigenvalue weighted by molar-refractivity contribution is 0.242. The van der Waals surface area contributed by atoms with Gasteiger partial charge in [-0.1, -0.05) is 48.5 Å². The summed E-state index contributed by atoms with van der Waals surface area (Å²) >= 11 is 0. The molecule has 27 heavy (non-hydrogen) atoms. The minimum atomic E-state index is -0.523. The molecule has 0 spiro atoms. The van der Waals surface area contributed by atoms with Crippen molar-refractivity contribution in [3.8, 4) is 0 Å². The Labute approximate surface area is 160 Å². The number of nitrogens with zero attached hydrogens (tertiary/aromatic N) is 1. The first-order chi connectivity index (χ1) is 12.9. The van der Waals surface area contributed by atoms with Crippen LogP contribution in [0.1, 0.15) is 31.9 Å². The van der Waals surface area contributed by atoms with Crippen LogP contribution >= 0.6 is 0 Å². The molecule has 0 aromatic heterocycles. The number of benzene rings is 3. The molecule has 0 aliphatic heterocycles. The molecule has 4 nitrogen and oxygen atoms in total. The van der Waals surface area contributed by atoms with Crippen LogP contribution in [-0.4, -0.2) is 18.8 Å². The number of rotatable bonds is 4. The van der Waals surface area contributed by atoms with Gasteiger partial charge in [-0.2, -0.15) is 0 Å². The van der Waals surface area contributed by atoms with Crippen molar-refractivity contribution in [1.29, 1.82) is 0 Å². The van der Waals surface area contributed by atoms with Gasteiger partial charge in [-0.3, -0.25) is 4.99 Å². The molecule has 2 N–H and O–H groups in total. The third-order valence-electron chi connectivity index (χ3n) is 4.77. The predicted molar refractivity (Wildman–Crippen MR) is 114 cm³/mol. The molecule has 3 rings (SSSR count). The van der Waals surface area contributed by atoms with Crippen LogP contribution in [0.2, 0.25) is 0 Å². The number of hydrogen-bond acceptors (Lipinski definition) is 2. The van der Waals surface area contributed by atoms with Crippen LogP contribution in [0.15, 0.2) is 71.7 Å². The quantitative estimate of drug-likeness (QED) is 0.607. The van der Waals surface area contributed by atoms with Crippen LogP contribution in [0.25, 0.3) is 10.8 Å². The maximum absolute atomic E-state index is 12.6. The summed E-state index contributed by atoms with van der Waals surface area (Å²) in [6.45, 7) is 5.96. The van der Waals surface area contributed by atoms with Crippen molar-refractivity contribution in [1.82, 2.24) is 5.32 Å².